The summed E-state index contributed by atoms with van der Waals surface area (Å²) in [5, 5.41) is 3.62. The van der Waals surface area contributed by atoms with Gasteiger partial charge in [-0.25, -0.2) is 0 Å². The minimum Gasteiger partial charge on any atom is -0.314 e. The van der Waals surface area contributed by atoms with Crippen molar-refractivity contribution in [3.05, 3.63) is 0 Å². The second-order valence-electron chi connectivity index (χ2n) is 4.82. The number of fused-ring (bicyclic) bond motifs is 2. The van der Waals surface area contributed by atoms with Gasteiger partial charge >= 0.3 is 0 Å². The lowest BCUT2D eigenvalue weighted by Gasteiger charge is -2.45. The molecule has 13 heavy (non-hydrogen) atoms. The van der Waals surface area contributed by atoms with Crippen LogP contribution in [0.5, 0.6) is 0 Å². The van der Waals surface area contributed by atoms with E-state index >= 15 is 0 Å². The average molecular weight is 182 g/mol. The minimum atomic E-state index is 0.746. The molecule has 2 saturated heterocycles. The third kappa shape index (κ3) is 2.05. The van der Waals surface area contributed by atoms with Crippen LogP contribution in [0.25, 0.3) is 0 Å². The predicted octanol–water partition coefficient (Wildman–Crippen LogP) is 1.33. The van der Waals surface area contributed by atoms with E-state index in [0.717, 1.165) is 17.9 Å². The summed E-state index contributed by atoms with van der Waals surface area (Å²) in [6.07, 6.45) is 2.77. The maximum Gasteiger partial charge on any atom is 0.00794 e. The van der Waals surface area contributed by atoms with E-state index in [0.29, 0.717) is 0 Å². The molecule has 2 bridgehead atoms. The molecule has 3 atom stereocenters. The van der Waals surface area contributed by atoms with Crippen LogP contribution in [-0.2, 0) is 0 Å². The van der Waals surface area contributed by atoms with Crippen LogP contribution in [0.2, 0.25) is 0 Å². The first kappa shape index (κ1) is 9.47. The van der Waals surface area contributed by atoms with Gasteiger partial charge in [0.2, 0.25) is 0 Å². The van der Waals surface area contributed by atoms with E-state index in [-0.39, 0.29) is 0 Å². The molecule has 2 heterocycles. The first-order chi connectivity index (χ1) is 6.29. The molecule has 0 aromatic carbocycles. The monoisotopic (exact) mass is 182 g/mol. The predicted molar refractivity (Wildman–Crippen MR) is 55.8 cm³/mol. The van der Waals surface area contributed by atoms with Crippen LogP contribution in [0.15, 0.2) is 0 Å². The number of nitrogens with one attached hydrogen (secondary N) is 1. The van der Waals surface area contributed by atoms with Gasteiger partial charge in [0.15, 0.2) is 0 Å². The molecule has 1 N–H and O–H groups in total. The van der Waals surface area contributed by atoms with Gasteiger partial charge in [0.1, 0.15) is 0 Å². The first-order valence-electron chi connectivity index (χ1n) is 5.75. The van der Waals surface area contributed by atoms with E-state index in [1.54, 1.807) is 0 Å². The second kappa shape index (κ2) is 3.97. The van der Waals surface area contributed by atoms with E-state index in [1.165, 1.54) is 39.0 Å². The molecule has 76 valence electrons. The molecular weight excluding hydrogens is 160 g/mol. The van der Waals surface area contributed by atoms with Crippen LogP contribution in [0.1, 0.15) is 26.7 Å². The summed E-state index contributed by atoms with van der Waals surface area (Å²) < 4.78 is 0. The molecule has 0 aromatic heterocycles. The van der Waals surface area contributed by atoms with Crippen LogP contribution in [0.4, 0.5) is 0 Å². The maximum atomic E-state index is 3.62. The molecule has 2 heteroatoms. The zero-order valence-electron chi connectivity index (χ0n) is 8.92. The van der Waals surface area contributed by atoms with Crippen molar-refractivity contribution in [3.63, 3.8) is 0 Å². The molecule has 0 aromatic rings. The summed E-state index contributed by atoms with van der Waals surface area (Å²) in [6.45, 7) is 9.85. The maximum absolute atomic E-state index is 3.62. The van der Waals surface area contributed by atoms with E-state index in [2.05, 4.69) is 24.1 Å². The van der Waals surface area contributed by atoms with Crippen LogP contribution in [0, 0.1) is 11.8 Å². The molecular formula is C11H22N2. The Morgan fingerprint density at radius 2 is 2.23 bits per heavy atom. The Labute approximate surface area is 81.7 Å². The fourth-order valence-electron chi connectivity index (χ4n) is 2.88. The summed E-state index contributed by atoms with van der Waals surface area (Å²) in [5.41, 5.74) is 0. The number of piperidine rings is 2. The van der Waals surface area contributed by atoms with Crippen molar-refractivity contribution in [1.29, 1.82) is 0 Å². The largest absolute Gasteiger partial charge is 0.314 e. The van der Waals surface area contributed by atoms with Gasteiger partial charge in [0, 0.05) is 19.1 Å². The van der Waals surface area contributed by atoms with Crippen molar-refractivity contribution in [3.8, 4) is 0 Å². The Bertz CT molecular complexity index is 169. The number of rotatable bonds is 2. The normalized spacial score (nSPS) is 40.6. The fraction of sp³-hybridized carbons (Fsp3) is 1.00. The quantitative estimate of drug-likeness (QED) is 0.693. The SMILES string of the molecule is CCCN1CC2CNC(C)C(C2)C1. The third-order valence-corrected chi connectivity index (χ3v) is 3.62. The molecule has 0 radical (unpaired) electrons. The molecule has 0 aliphatic carbocycles. The van der Waals surface area contributed by atoms with Gasteiger partial charge in [0.25, 0.3) is 0 Å². The summed E-state index contributed by atoms with van der Waals surface area (Å²) in [5.74, 6) is 1.85. The van der Waals surface area contributed by atoms with Crippen molar-refractivity contribution < 1.29 is 0 Å². The van der Waals surface area contributed by atoms with E-state index < -0.39 is 0 Å². The number of hydrogen-bond donors (Lipinski definition) is 1. The van der Waals surface area contributed by atoms with Crippen molar-refractivity contribution >= 4 is 0 Å². The smallest absolute Gasteiger partial charge is 0.00794 e. The molecule has 0 spiro atoms. The highest BCUT2D eigenvalue weighted by atomic mass is 15.2. The molecule has 2 nitrogen and oxygen atoms in total. The summed E-state index contributed by atoms with van der Waals surface area (Å²) in [6, 6.07) is 0.746. The zero-order valence-corrected chi connectivity index (χ0v) is 8.92. The molecule has 2 aliphatic rings. The van der Waals surface area contributed by atoms with Crippen molar-refractivity contribution in [2.45, 2.75) is 32.7 Å². The van der Waals surface area contributed by atoms with Gasteiger partial charge in [-0.3, -0.25) is 0 Å². The summed E-state index contributed by atoms with van der Waals surface area (Å²) in [7, 11) is 0. The van der Waals surface area contributed by atoms with Gasteiger partial charge in [0.05, 0.1) is 0 Å². The van der Waals surface area contributed by atoms with Crippen molar-refractivity contribution in [1.82, 2.24) is 10.2 Å². The van der Waals surface area contributed by atoms with Gasteiger partial charge < -0.3 is 10.2 Å². The van der Waals surface area contributed by atoms with E-state index in [4.69, 9.17) is 0 Å². The summed E-state index contributed by atoms with van der Waals surface area (Å²) in [4.78, 5) is 2.66. The molecule has 3 unspecified atom stereocenters. The molecule has 2 fully saturated rings. The van der Waals surface area contributed by atoms with Gasteiger partial charge in [-0.2, -0.15) is 0 Å². The average Bonchev–Trinajstić information content (AvgIpc) is 2.13. The lowest BCUT2D eigenvalue weighted by molar-refractivity contribution is 0.0733. The Balaban J connectivity index is 1.92. The first-order valence-corrected chi connectivity index (χ1v) is 5.75. The Hall–Kier alpha value is -0.0800. The van der Waals surface area contributed by atoms with Crippen LogP contribution in [-0.4, -0.2) is 37.1 Å². The molecule has 0 saturated carbocycles. The number of likely N-dealkylation sites (tertiary alicyclic amines) is 1. The topological polar surface area (TPSA) is 15.3 Å². The van der Waals surface area contributed by atoms with Crippen molar-refractivity contribution in [2.24, 2.45) is 11.8 Å². The van der Waals surface area contributed by atoms with Gasteiger partial charge in [-0.05, 0) is 44.7 Å². The number of hydrogen-bond acceptors (Lipinski definition) is 2. The molecule has 0 amide bonds. The Morgan fingerprint density at radius 1 is 1.38 bits per heavy atom. The highest BCUT2D eigenvalue weighted by Crippen LogP contribution is 2.27. The Kier molecular flexibility index (Phi) is 2.89. The van der Waals surface area contributed by atoms with Crippen LogP contribution >= 0.6 is 0 Å². The standard InChI is InChI=1S/C11H22N2/c1-3-4-13-7-10-5-11(8-13)9(2)12-6-10/h9-12H,3-8H2,1-2H3. The van der Waals surface area contributed by atoms with E-state index in [1.807, 2.05) is 0 Å². The van der Waals surface area contributed by atoms with Gasteiger partial charge in [-0.15, -0.1) is 0 Å². The lowest BCUT2D eigenvalue weighted by Crippen LogP contribution is -2.55. The lowest BCUT2D eigenvalue weighted by atomic mass is 9.81. The van der Waals surface area contributed by atoms with Gasteiger partial charge in [-0.1, -0.05) is 6.92 Å². The highest BCUT2D eigenvalue weighted by Gasteiger charge is 2.33. The van der Waals surface area contributed by atoms with Crippen LogP contribution < -0.4 is 5.32 Å². The zero-order chi connectivity index (χ0) is 9.26. The second-order valence-corrected chi connectivity index (χ2v) is 4.82. The molecule has 2 rings (SSSR count). The van der Waals surface area contributed by atoms with Crippen LogP contribution in [0.3, 0.4) is 0 Å². The molecule has 2 aliphatic heterocycles. The van der Waals surface area contributed by atoms with E-state index in [9.17, 15) is 0 Å². The minimum absolute atomic E-state index is 0.746. The highest BCUT2D eigenvalue weighted by molar-refractivity contribution is 4.89. The fourth-order valence-corrected chi connectivity index (χ4v) is 2.88. The number of nitrogens with zero attached hydrogens (tertiary/aromatic N) is 1. The summed E-state index contributed by atoms with van der Waals surface area (Å²) >= 11 is 0. The Morgan fingerprint density at radius 3 is 3.00 bits per heavy atom. The third-order valence-electron chi connectivity index (χ3n) is 3.62. The van der Waals surface area contributed by atoms with Crippen molar-refractivity contribution in [2.75, 3.05) is 26.2 Å².